The largest absolute Gasteiger partial charge is 0.328 e. The maximum atomic E-state index is 11.9. The summed E-state index contributed by atoms with van der Waals surface area (Å²) in [5.74, 6) is 0. The molecule has 0 saturated carbocycles. The number of carbonyl (C=O) groups is 1. The van der Waals surface area contributed by atoms with Gasteiger partial charge in [0.1, 0.15) is 6.17 Å². The molecule has 4 heteroatoms. The molecule has 0 N–H and O–H groups in total. The molecule has 1 amide bonds. The molecule has 2 nitrogen and oxygen atoms in total. The van der Waals surface area contributed by atoms with E-state index in [1.807, 2.05) is 0 Å². The lowest BCUT2D eigenvalue weighted by molar-refractivity contribution is 0.106. The Labute approximate surface area is 60.2 Å². The number of alkyl halides is 1. The molecule has 0 aromatic heterocycles. The van der Waals surface area contributed by atoms with Crippen LogP contribution in [0, 0.1) is 0 Å². The second-order valence-corrected chi connectivity index (χ2v) is 2.68. The van der Waals surface area contributed by atoms with Gasteiger partial charge in [-0.2, -0.15) is 0 Å². The number of halogens is 2. The van der Waals surface area contributed by atoms with Crippen LogP contribution in [0.25, 0.3) is 0 Å². The third-order valence-electron chi connectivity index (χ3n) is 1.09. The molecule has 1 aliphatic rings. The molecule has 0 atom stereocenters. The van der Waals surface area contributed by atoms with Gasteiger partial charge in [0.2, 0.25) is 0 Å². The summed E-state index contributed by atoms with van der Waals surface area (Å²) in [6, 6.07) is 0. The van der Waals surface area contributed by atoms with Crippen molar-refractivity contribution < 1.29 is 9.18 Å². The van der Waals surface area contributed by atoms with Crippen molar-refractivity contribution in [1.29, 1.82) is 0 Å². The lowest BCUT2D eigenvalue weighted by Crippen LogP contribution is -2.49. The number of likely N-dealkylation sites (tertiary alicyclic amines) is 1. The highest BCUT2D eigenvalue weighted by molar-refractivity contribution is 14.1. The Hall–Kier alpha value is 0.130. The van der Waals surface area contributed by atoms with E-state index in [-0.39, 0.29) is 3.91 Å². The lowest BCUT2D eigenvalue weighted by Gasteiger charge is -2.32. The molecular formula is C4H5FINO. The van der Waals surface area contributed by atoms with Gasteiger partial charge in [-0.25, -0.2) is 4.39 Å². The highest BCUT2D eigenvalue weighted by Gasteiger charge is 2.28. The van der Waals surface area contributed by atoms with Crippen LogP contribution in [0.5, 0.6) is 0 Å². The summed E-state index contributed by atoms with van der Waals surface area (Å²) in [4.78, 5) is 11.8. The lowest BCUT2D eigenvalue weighted by atomic mass is 10.2. The highest BCUT2D eigenvalue weighted by Crippen LogP contribution is 2.13. The van der Waals surface area contributed by atoms with E-state index in [0.29, 0.717) is 13.1 Å². The van der Waals surface area contributed by atoms with Crippen LogP contribution in [0.1, 0.15) is 0 Å². The fraction of sp³-hybridized carbons (Fsp3) is 0.750. The number of hydrogen-bond donors (Lipinski definition) is 0. The maximum absolute atomic E-state index is 11.9. The van der Waals surface area contributed by atoms with Crippen LogP contribution in [-0.2, 0) is 0 Å². The van der Waals surface area contributed by atoms with Crippen LogP contribution >= 0.6 is 22.6 Å². The van der Waals surface area contributed by atoms with Gasteiger partial charge in [-0.15, -0.1) is 0 Å². The minimum absolute atomic E-state index is 0.0588. The van der Waals surface area contributed by atoms with Crippen LogP contribution in [0.15, 0.2) is 0 Å². The van der Waals surface area contributed by atoms with Crippen molar-refractivity contribution >= 4 is 26.5 Å². The minimum atomic E-state index is -0.770. The predicted octanol–water partition coefficient (Wildman–Crippen LogP) is 1.20. The molecule has 1 fully saturated rings. The van der Waals surface area contributed by atoms with Gasteiger partial charge in [-0.05, 0) is 0 Å². The van der Waals surface area contributed by atoms with Gasteiger partial charge in [0.15, 0.2) is 0 Å². The Kier molecular flexibility index (Phi) is 1.69. The van der Waals surface area contributed by atoms with Gasteiger partial charge >= 0.3 is 0 Å². The molecule has 0 bridgehead atoms. The van der Waals surface area contributed by atoms with Gasteiger partial charge in [0, 0.05) is 22.6 Å². The third kappa shape index (κ3) is 1.10. The van der Waals surface area contributed by atoms with Crippen LogP contribution in [0.3, 0.4) is 0 Å². The fourth-order valence-corrected chi connectivity index (χ4v) is 0.962. The zero-order chi connectivity index (χ0) is 6.15. The summed E-state index contributed by atoms with van der Waals surface area (Å²) in [5, 5.41) is 0. The van der Waals surface area contributed by atoms with E-state index in [4.69, 9.17) is 0 Å². The first-order chi connectivity index (χ1) is 3.70. The van der Waals surface area contributed by atoms with E-state index in [0.717, 1.165) is 0 Å². The van der Waals surface area contributed by atoms with Gasteiger partial charge in [-0.1, -0.05) is 0 Å². The number of rotatable bonds is 0. The Balaban J connectivity index is 2.25. The summed E-state index contributed by atoms with van der Waals surface area (Å²) >= 11 is 1.65. The van der Waals surface area contributed by atoms with Gasteiger partial charge in [0.25, 0.3) is 3.91 Å². The molecule has 46 valence electrons. The van der Waals surface area contributed by atoms with Crippen LogP contribution in [0.2, 0.25) is 0 Å². The second kappa shape index (κ2) is 2.16. The molecule has 1 saturated heterocycles. The normalized spacial score (nSPS) is 20.5. The summed E-state index contributed by atoms with van der Waals surface area (Å²) < 4.78 is 11.9. The van der Waals surface area contributed by atoms with Crippen LogP contribution in [-0.4, -0.2) is 28.1 Å². The van der Waals surface area contributed by atoms with E-state index in [1.54, 1.807) is 22.6 Å². The highest BCUT2D eigenvalue weighted by atomic mass is 127. The molecule has 1 heterocycles. The van der Waals surface area contributed by atoms with Crippen LogP contribution < -0.4 is 0 Å². The topological polar surface area (TPSA) is 20.3 Å². The van der Waals surface area contributed by atoms with Gasteiger partial charge in [-0.3, -0.25) is 4.79 Å². The molecule has 1 rings (SSSR count). The molecule has 0 unspecified atom stereocenters. The SMILES string of the molecule is O=C(I)N1CC(F)C1. The standard InChI is InChI=1S/C4H5FINO/c5-3-1-7(2-3)4(6)8/h3H,1-2H2. The van der Waals surface area contributed by atoms with E-state index in [1.165, 1.54) is 4.90 Å². The Morgan fingerprint density at radius 3 is 2.38 bits per heavy atom. The van der Waals surface area contributed by atoms with Crippen molar-refractivity contribution in [2.24, 2.45) is 0 Å². The summed E-state index contributed by atoms with van der Waals surface area (Å²) in [7, 11) is 0. The Bertz CT molecular complexity index is 113. The summed E-state index contributed by atoms with van der Waals surface area (Å²) in [6.07, 6.45) is -0.770. The first-order valence-electron chi connectivity index (χ1n) is 2.28. The molecule has 0 aromatic carbocycles. The van der Waals surface area contributed by atoms with E-state index in [9.17, 15) is 9.18 Å². The monoisotopic (exact) mass is 229 g/mol. The number of hydrogen-bond acceptors (Lipinski definition) is 1. The third-order valence-corrected chi connectivity index (χ3v) is 1.77. The molecule has 0 spiro atoms. The molecule has 0 aromatic rings. The maximum Gasteiger partial charge on any atom is 0.283 e. The zero-order valence-electron chi connectivity index (χ0n) is 4.10. The minimum Gasteiger partial charge on any atom is -0.328 e. The van der Waals surface area contributed by atoms with Crippen molar-refractivity contribution in [3.05, 3.63) is 0 Å². The number of nitrogens with zero attached hydrogens (tertiary/aromatic N) is 1. The Morgan fingerprint density at radius 1 is 1.75 bits per heavy atom. The summed E-state index contributed by atoms with van der Waals surface area (Å²) in [5.41, 5.74) is 0. The van der Waals surface area contributed by atoms with E-state index < -0.39 is 6.17 Å². The zero-order valence-corrected chi connectivity index (χ0v) is 6.26. The van der Waals surface area contributed by atoms with Crippen molar-refractivity contribution in [2.75, 3.05) is 13.1 Å². The Morgan fingerprint density at radius 2 is 2.25 bits per heavy atom. The molecule has 0 radical (unpaired) electrons. The predicted molar refractivity (Wildman–Crippen MR) is 35.9 cm³/mol. The first-order valence-corrected chi connectivity index (χ1v) is 3.36. The van der Waals surface area contributed by atoms with Crippen molar-refractivity contribution in [1.82, 2.24) is 4.90 Å². The number of amides is 1. The quantitative estimate of drug-likeness (QED) is 0.347. The molecule has 1 aliphatic heterocycles. The first kappa shape index (κ1) is 6.25. The molecule has 8 heavy (non-hydrogen) atoms. The van der Waals surface area contributed by atoms with Gasteiger partial charge in [0.05, 0.1) is 13.1 Å². The van der Waals surface area contributed by atoms with Crippen molar-refractivity contribution in [3.8, 4) is 0 Å². The molecule has 0 aliphatic carbocycles. The fourth-order valence-electron chi connectivity index (χ4n) is 0.568. The van der Waals surface area contributed by atoms with Crippen LogP contribution in [0.4, 0.5) is 9.18 Å². The van der Waals surface area contributed by atoms with E-state index >= 15 is 0 Å². The number of carbonyl (C=O) groups excluding carboxylic acids is 1. The van der Waals surface area contributed by atoms with E-state index in [2.05, 4.69) is 0 Å². The smallest absolute Gasteiger partial charge is 0.283 e. The molecular weight excluding hydrogens is 224 g/mol. The van der Waals surface area contributed by atoms with Gasteiger partial charge < -0.3 is 4.90 Å². The van der Waals surface area contributed by atoms with Crippen molar-refractivity contribution in [2.45, 2.75) is 6.17 Å². The average molecular weight is 229 g/mol. The second-order valence-electron chi connectivity index (χ2n) is 1.76. The average Bonchev–Trinajstić information content (AvgIpc) is 1.57. The summed E-state index contributed by atoms with van der Waals surface area (Å²) in [6.45, 7) is 0.587. The van der Waals surface area contributed by atoms with Crippen molar-refractivity contribution in [3.63, 3.8) is 0 Å².